The van der Waals surface area contributed by atoms with Crippen LogP contribution in [0.25, 0.3) is 0 Å². The van der Waals surface area contributed by atoms with Crippen molar-refractivity contribution in [3.05, 3.63) is 0 Å². The Labute approximate surface area is 113 Å². The lowest BCUT2D eigenvalue weighted by Gasteiger charge is -2.24. The molecule has 0 aromatic carbocycles. The Morgan fingerprint density at radius 1 is 1.42 bits per heavy atom. The molecule has 2 rings (SSSR count). The molecule has 0 spiro atoms. The summed E-state index contributed by atoms with van der Waals surface area (Å²) in [6.45, 7) is 3.27. The molecule has 1 aliphatic heterocycles. The molecule has 0 bridgehead atoms. The first kappa shape index (κ1) is 14.2. The number of rotatable bonds is 6. The minimum atomic E-state index is -0.761. The van der Waals surface area contributed by atoms with E-state index in [2.05, 4.69) is 0 Å². The molecule has 108 valence electrons. The van der Waals surface area contributed by atoms with E-state index in [-0.39, 0.29) is 6.09 Å². The number of carbonyl (C=O) groups is 2. The van der Waals surface area contributed by atoms with Gasteiger partial charge >= 0.3 is 12.1 Å². The van der Waals surface area contributed by atoms with E-state index in [4.69, 9.17) is 4.74 Å². The average molecular weight is 269 g/mol. The van der Waals surface area contributed by atoms with Crippen LogP contribution in [0.3, 0.4) is 0 Å². The fraction of sp³-hybridized carbons (Fsp3) is 0.857. The first-order valence-electron chi connectivity index (χ1n) is 7.22. The quantitative estimate of drug-likeness (QED) is 0.752. The fourth-order valence-electron chi connectivity index (χ4n) is 2.73. The molecule has 5 heteroatoms. The van der Waals surface area contributed by atoms with Gasteiger partial charge in [-0.25, -0.2) is 4.79 Å². The number of carboxylic acids is 1. The normalized spacial score (nSPS) is 26.5. The minimum Gasteiger partial charge on any atom is -0.481 e. The molecule has 2 fully saturated rings. The lowest BCUT2D eigenvalue weighted by atomic mass is 9.82. The van der Waals surface area contributed by atoms with Gasteiger partial charge < -0.3 is 14.7 Å². The van der Waals surface area contributed by atoms with Gasteiger partial charge in [0.1, 0.15) is 0 Å². The summed E-state index contributed by atoms with van der Waals surface area (Å²) in [5.74, 6) is -0.213. The molecule has 1 saturated heterocycles. The molecule has 1 atom stereocenters. The van der Waals surface area contributed by atoms with Gasteiger partial charge in [-0.1, -0.05) is 26.2 Å². The number of aliphatic carboxylic acids is 1. The van der Waals surface area contributed by atoms with Crippen molar-refractivity contribution >= 4 is 12.1 Å². The Kier molecular flexibility index (Phi) is 4.32. The maximum atomic E-state index is 11.8. The lowest BCUT2D eigenvalue weighted by molar-refractivity contribution is -0.148. The number of carboxylic acid groups (broad SMARTS) is 1. The smallest absolute Gasteiger partial charge is 0.409 e. The zero-order valence-electron chi connectivity index (χ0n) is 11.6. The summed E-state index contributed by atoms with van der Waals surface area (Å²) in [7, 11) is 0. The highest BCUT2D eigenvalue weighted by Crippen LogP contribution is 2.45. The van der Waals surface area contributed by atoms with E-state index in [1.807, 2.05) is 6.92 Å². The zero-order chi connectivity index (χ0) is 13.9. The number of hydrogen-bond donors (Lipinski definition) is 1. The second-order valence-corrected chi connectivity index (χ2v) is 5.87. The summed E-state index contributed by atoms with van der Waals surface area (Å²) in [5, 5.41) is 9.48. The van der Waals surface area contributed by atoms with Gasteiger partial charge in [0.15, 0.2) is 0 Å². The molecule has 1 unspecified atom stereocenters. The van der Waals surface area contributed by atoms with Crippen molar-refractivity contribution in [2.24, 2.45) is 11.3 Å². The highest BCUT2D eigenvalue weighted by atomic mass is 16.6. The van der Waals surface area contributed by atoms with Crippen LogP contribution in [0.1, 0.15) is 45.4 Å². The van der Waals surface area contributed by atoms with E-state index >= 15 is 0 Å². The molecule has 0 radical (unpaired) electrons. The average Bonchev–Trinajstić information content (AvgIpc) is 3.06. The standard InChI is InChI=1S/C14H23NO4/c1-2-3-8-19-13(18)15-7-6-14(10-15,12(16)17)9-11-4-5-11/h11H,2-10H2,1H3,(H,16,17). The molecule has 0 aromatic rings. The number of amides is 1. The lowest BCUT2D eigenvalue weighted by Crippen LogP contribution is -2.37. The van der Waals surface area contributed by atoms with E-state index in [1.54, 1.807) is 4.90 Å². The van der Waals surface area contributed by atoms with Gasteiger partial charge in [-0.05, 0) is 25.2 Å². The minimum absolute atomic E-state index is 0.309. The van der Waals surface area contributed by atoms with Crippen LogP contribution in [0.15, 0.2) is 0 Å². The van der Waals surface area contributed by atoms with Crippen LogP contribution in [0.2, 0.25) is 0 Å². The molecule has 5 nitrogen and oxygen atoms in total. The van der Waals surface area contributed by atoms with Crippen LogP contribution >= 0.6 is 0 Å². The Morgan fingerprint density at radius 3 is 2.74 bits per heavy atom. The summed E-state index contributed by atoms with van der Waals surface area (Å²) >= 11 is 0. The van der Waals surface area contributed by atoms with E-state index in [1.165, 1.54) is 0 Å². The highest BCUT2D eigenvalue weighted by molar-refractivity contribution is 5.78. The number of ether oxygens (including phenoxy) is 1. The van der Waals surface area contributed by atoms with E-state index < -0.39 is 11.4 Å². The summed E-state index contributed by atoms with van der Waals surface area (Å²) in [6, 6.07) is 0. The van der Waals surface area contributed by atoms with Gasteiger partial charge in [-0.15, -0.1) is 0 Å². The fourth-order valence-corrected chi connectivity index (χ4v) is 2.73. The molecule has 0 aromatic heterocycles. The van der Waals surface area contributed by atoms with E-state index in [9.17, 15) is 14.7 Å². The van der Waals surface area contributed by atoms with Crippen molar-refractivity contribution < 1.29 is 19.4 Å². The van der Waals surface area contributed by atoms with Gasteiger partial charge in [0.2, 0.25) is 0 Å². The number of hydrogen-bond acceptors (Lipinski definition) is 3. The van der Waals surface area contributed by atoms with Crippen LogP contribution in [-0.2, 0) is 9.53 Å². The summed E-state index contributed by atoms with van der Waals surface area (Å²) in [5.41, 5.74) is -0.731. The van der Waals surface area contributed by atoms with Crippen molar-refractivity contribution in [2.45, 2.75) is 45.4 Å². The second-order valence-electron chi connectivity index (χ2n) is 5.87. The van der Waals surface area contributed by atoms with Crippen LogP contribution in [0.4, 0.5) is 4.79 Å². The number of likely N-dealkylation sites (tertiary alicyclic amines) is 1. The Morgan fingerprint density at radius 2 is 2.16 bits per heavy atom. The molecular formula is C14H23NO4. The van der Waals surface area contributed by atoms with Crippen molar-refractivity contribution in [1.82, 2.24) is 4.90 Å². The summed E-state index contributed by atoms with van der Waals surface area (Å²) in [4.78, 5) is 24.9. The molecule has 1 saturated carbocycles. The molecule has 19 heavy (non-hydrogen) atoms. The number of nitrogens with zero attached hydrogens (tertiary/aromatic N) is 1. The first-order valence-corrected chi connectivity index (χ1v) is 7.22. The Balaban J connectivity index is 1.88. The van der Waals surface area contributed by atoms with E-state index in [0.29, 0.717) is 38.5 Å². The summed E-state index contributed by atoms with van der Waals surface area (Å²) in [6.07, 6.45) is 5.02. The van der Waals surface area contributed by atoms with Crippen LogP contribution in [-0.4, -0.2) is 41.8 Å². The third kappa shape index (κ3) is 3.39. The number of carbonyl (C=O) groups excluding carboxylic acids is 1. The molecular weight excluding hydrogens is 246 g/mol. The third-order valence-corrected chi connectivity index (χ3v) is 4.17. The maximum absolute atomic E-state index is 11.8. The van der Waals surface area contributed by atoms with Gasteiger partial charge in [-0.2, -0.15) is 0 Å². The van der Waals surface area contributed by atoms with Gasteiger partial charge in [0, 0.05) is 13.1 Å². The van der Waals surface area contributed by atoms with Crippen LogP contribution in [0, 0.1) is 11.3 Å². The zero-order valence-corrected chi connectivity index (χ0v) is 11.6. The van der Waals surface area contributed by atoms with Gasteiger partial charge in [0.25, 0.3) is 0 Å². The SMILES string of the molecule is CCCCOC(=O)N1CCC(CC2CC2)(C(=O)O)C1. The Bertz CT molecular complexity index is 353. The van der Waals surface area contributed by atoms with E-state index in [0.717, 1.165) is 25.7 Å². The third-order valence-electron chi connectivity index (χ3n) is 4.17. The largest absolute Gasteiger partial charge is 0.481 e. The monoisotopic (exact) mass is 269 g/mol. The highest BCUT2D eigenvalue weighted by Gasteiger charge is 2.49. The maximum Gasteiger partial charge on any atom is 0.409 e. The van der Waals surface area contributed by atoms with Gasteiger partial charge in [0.05, 0.1) is 12.0 Å². The molecule has 1 heterocycles. The van der Waals surface area contributed by atoms with Crippen molar-refractivity contribution in [3.63, 3.8) is 0 Å². The first-order chi connectivity index (χ1) is 9.07. The van der Waals surface area contributed by atoms with Crippen molar-refractivity contribution in [3.8, 4) is 0 Å². The molecule has 2 aliphatic rings. The second kappa shape index (κ2) is 5.80. The molecule has 1 aliphatic carbocycles. The van der Waals surface area contributed by atoms with Crippen LogP contribution < -0.4 is 0 Å². The summed E-state index contributed by atoms with van der Waals surface area (Å²) < 4.78 is 5.15. The molecule has 1 N–H and O–H groups in total. The van der Waals surface area contributed by atoms with Crippen molar-refractivity contribution in [1.29, 1.82) is 0 Å². The Hall–Kier alpha value is -1.26. The topological polar surface area (TPSA) is 66.8 Å². The van der Waals surface area contributed by atoms with Crippen molar-refractivity contribution in [2.75, 3.05) is 19.7 Å². The predicted molar refractivity (Wildman–Crippen MR) is 69.9 cm³/mol. The number of unbranched alkanes of at least 4 members (excludes halogenated alkanes) is 1. The predicted octanol–water partition coefficient (Wildman–Crippen LogP) is 2.50. The van der Waals surface area contributed by atoms with Crippen LogP contribution in [0.5, 0.6) is 0 Å². The molecule has 1 amide bonds. The van der Waals surface area contributed by atoms with Gasteiger partial charge in [-0.3, -0.25) is 4.79 Å².